The van der Waals surface area contributed by atoms with E-state index in [1.54, 1.807) is 11.3 Å². The van der Waals surface area contributed by atoms with E-state index in [9.17, 15) is 4.79 Å². The molecule has 130 valence electrons. The van der Waals surface area contributed by atoms with Crippen LogP contribution < -0.4 is 11.1 Å². The number of nitrogens with zero attached hydrogens (tertiary/aromatic N) is 1. The summed E-state index contributed by atoms with van der Waals surface area (Å²) < 4.78 is 5.27. The van der Waals surface area contributed by atoms with E-state index in [2.05, 4.69) is 27.0 Å². The molecule has 0 radical (unpaired) electrons. The molecule has 6 heteroatoms. The average Bonchev–Trinajstić information content (AvgIpc) is 3.17. The fourth-order valence-corrected chi connectivity index (χ4v) is 3.29. The SMILES string of the molecule is CC(C)(C)OC(=O)NCCC(CN)N(Cc1ccsc1)C1CC1. The van der Waals surface area contributed by atoms with Gasteiger partial charge in [-0.1, -0.05) is 0 Å². The molecule has 1 aromatic heterocycles. The van der Waals surface area contributed by atoms with Crippen molar-refractivity contribution in [1.29, 1.82) is 0 Å². The Morgan fingerprint density at radius 3 is 2.78 bits per heavy atom. The van der Waals surface area contributed by atoms with Crippen molar-refractivity contribution in [2.24, 2.45) is 5.73 Å². The first kappa shape index (κ1) is 18.2. The van der Waals surface area contributed by atoms with Crippen LogP contribution in [0.15, 0.2) is 16.8 Å². The summed E-state index contributed by atoms with van der Waals surface area (Å²) in [6.07, 6.45) is 2.99. The molecule has 0 aliphatic heterocycles. The van der Waals surface area contributed by atoms with Gasteiger partial charge in [-0.05, 0) is 62.4 Å². The van der Waals surface area contributed by atoms with E-state index in [1.165, 1.54) is 18.4 Å². The Hall–Kier alpha value is -1.11. The van der Waals surface area contributed by atoms with Gasteiger partial charge < -0.3 is 15.8 Å². The molecule has 0 spiro atoms. The van der Waals surface area contributed by atoms with Crippen LogP contribution in [0.2, 0.25) is 0 Å². The molecule has 0 bridgehead atoms. The van der Waals surface area contributed by atoms with Gasteiger partial charge in [0.05, 0.1) is 0 Å². The lowest BCUT2D eigenvalue weighted by Crippen LogP contribution is -2.44. The highest BCUT2D eigenvalue weighted by Crippen LogP contribution is 2.31. The Morgan fingerprint density at radius 1 is 1.52 bits per heavy atom. The summed E-state index contributed by atoms with van der Waals surface area (Å²) >= 11 is 1.73. The van der Waals surface area contributed by atoms with Crippen molar-refractivity contribution in [2.75, 3.05) is 13.1 Å². The van der Waals surface area contributed by atoms with Crippen LogP contribution in [0.4, 0.5) is 4.79 Å². The summed E-state index contributed by atoms with van der Waals surface area (Å²) in [6, 6.07) is 3.11. The van der Waals surface area contributed by atoms with Gasteiger partial charge in [-0.15, -0.1) is 0 Å². The van der Waals surface area contributed by atoms with Gasteiger partial charge in [0.15, 0.2) is 0 Å². The van der Waals surface area contributed by atoms with Gasteiger partial charge in [0.25, 0.3) is 0 Å². The highest BCUT2D eigenvalue weighted by Gasteiger charge is 2.33. The quantitative estimate of drug-likeness (QED) is 0.764. The van der Waals surface area contributed by atoms with Crippen molar-refractivity contribution in [3.63, 3.8) is 0 Å². The molecular weight excluding hydrogens is 310 g/mol. The molecular formula is C17H29N3O2S. The van der Waals surface area contributed by atoms with Crippen LogP contribution in [0.3, 0.4) is 0 Å². The monoisotopic (exact) mass is 339 g/mol. The van der Waals surface area contributed by atoms with Gasteiger partial charge in [-0.25, -0.2) is 4.79 Å². The fraction of sp³-hybridized carbons (Fsp3) is 0.706. The van der Waals surface area contributed by atoms with Crippen LogP contribution in [0.25, 0.3) is 0 Å². The van der Waals surface area contributed by atoms with E-state index in [1.807, 2.05) is 20.8 Å². The van der Waals surface area contributed by atoms with Crippen LogP contribution in [0, 0.1) is 0 Å². The molecule has 1 amide bonds. The van der Waals surface area contributed by atoms with E-state index in [4.69, 9.17) is 10.5 Å². The lowest BCUT2D eigenvalue weighted by atomic mass is 10.1. The number of nitrogens with two attached hydrogens (primary N) is 1. The maximum Gasteiger partial charge on any atom is 0.407 e. The summed E-state index contributed by atoms with van der Waals surface area (Å²) in [5.41, 5.74) is 6.89. The minimum atomic E-state index is -0.462. The first-order chi connectivity index (χ1) is 10.9. The lowest BCUT2D eigenvalue weighted by molar-refractivity contribution is 0.0521. The Kier molecular flexibility index (Phi) is 6.44. The lowest BCUT2D eigenvalue weighted by Gasteiger charge is -2.31. The second-order valence-corrected chi connectivity index (χ2v) is 7.92. The van der Waals surface area contributed by atoms with Crippen molar-refractivity contribution < 1.29 is 9.53 Å². The highest BCUT2D eigenvalue weighted by molar-refractivity contribution is 7.07. The maximum atomic E-state index is 11.7. The standard InChI is InChI=1S/C17H29N3O2S/c1-17(2,3)22-16(21)19-8-6-15(10-18)20(14-4-5-14)11-13-7-9-23-12-13/h7,9,12,14-15H,4-6,8,10-11,18H2,1-3H3,(H,19,21). The van der Waals surface area contributed by atoms with E-state index in [-0.39, 0.29) is 12.1 Å². The number of carbonyl (C=O) groups is 1. The third-order valence-corrected chi connectivity index (χ3v) is 4.58. The molecule has 1 atom stereocenters. The van der Waals surface area contributed by atoms with Crippen molar-refractivity contribution >= 4 is 17.4 Å². The minimum Gasteiger partial charge on any atom is -0.444 e. The van der Waals surface area contributed by atoms with Gasteiger partial charge >= 0.3 is 6.09 Å². The first-order valence-corrected chi connectivity index (χ1v) is 9.27. The molecule has 1 fully saturated rings. The van der Waals surface area contributed by atoms with E-state index < -0.39 is 5.60 Å². The molecule has 0 saturated heterocycles. The highest BCUT2D eigenvalue weighted by atomic mass is 32.1. The smallest absolute Gasteiger partial charge is 0.407 e. The number of nitrogens with one attached hydrogen (secondary N) is 1. The third kappa shape index (κ3) is 6.49. The summed E-state index contributed by atoms with van der Waals surface area (Å²) in [7, 11) is 0. The van der Waals surface area contributed by atoms with Crippen molar-refractivity contribution in [1.82, 2.24) is 10.2 Å². The molecule has 1 aliphatic rings. The number of amides is 1. The topological polar surface area (TPSA) is 67.6 Å². The minimum absolute atomic E-state index is 0.289. The molecule has 1 aliphatic carbocycles. The zero-order chi connectivity index (χ0) is 16.9. The fourth-order valence-electron chi connectivity index (χ4n) is 2.63. The predicted octanol–water partition coefficient (Wildman–Crippen LogP) is 2.95. The number of carbonyl (C=O) groups excluding carboxylic acids is 1. The van der Waals surface area contributed by atoms with Gasteiger partial charge in [-0.2, -0.15) is 11.3 Å². The summed E-state index contributed by atoms with van der Waals surface area (Å²) in [5, 5.41) is 7.15. The predicted molar refractivity (Wildman–Crippen MR) is 94.6 cm³/mol. The molecule has 23 heavy (non-hydrogen) atoms. The first-order valence-electron chi connectivity index (χ1n) is 8.33. The number of rotatable bonds is 8. The number of thiophene rings is 1. The molecule has 1 aromatic rings. The Bertz CT molecular complexity index is 481. The van der Waals surface area contributed by atoms with Crippen LogP contribution in [-0.4, -0.2) is 41.8 Å². The zero-order valence-corrected chi connectivity index (χ0v) is 15.2. The second kappa shape index (κ2) is 8.13. The number of hydrogen-bond donors (Lipinski definition) is 2. The van der Waals surface area contributed by atoms with Crippen molar-refractivity contribution in [2.45, 2.75) is 64.3 Å². The van der Waals surface area contributed by atoms with Crippen molar-refractivity contribution in [3.8, 4) is 0 Å². The third-order valence-electron chi connectivity index (χ3n) is 3.85. The van der Waals surface area contributed by atoms with Crippen LogP contribution in [0.1, 0.15) is 45.6 Å². The maximum absolute atomic E-state index is 11.7. The van der Waals surface area contributed by atoms with Gasteiger partial charge in [0.1, 0.15) is 5.60 Å². The van der Waals surface area contributed by atoms with Crippen molar-refractivity contribution in [3.05, 3.63) is 22.4 Å². The molecule has 0 aromatic carbocycles. The molecule has 1 unspecified atom stereocenters. The normalized spacial score (nSPS) is 16.4. The van der Waals surface area contributed by atoms with Gasteiger partial charge in [-0.3, -0.25) is 4.90 Å². The Labute approximate surface area is 143 Å². The zero-order valence-electron chi connectivity index (χ0n) is 14.4. The van der Waals surface area contributed by atoms with E-state index >= 15 is 0 Å². The molecule has 2 rings (SSSR count). The Morgan fingerprint density at radius 2 is 2.26 bits per heavy atom. The van der Waals surface area contributed by atoms with Crippen LogP contribution in [-0.2, 0) is 11.3 Å². The average molecular weight is 340 g/mol. The summed E-state index contributed by atoms with van der Waals surface area (Å²) in [5.74, 6) is 0. The molecule has 3 N–H and O–H groups in total. The Balaban J connectivity index is 1.81. The van der Waals surface area contributed by atoms with Gasteiger partial charge in [0.2, 0.25) is 0 Å². The molecule has 1 saturated carbocycles. The largest absolute Gasteiger partial charge is 0.444 e. The summed E-state index contributed by atoms with van der Waals surface area (Å²) in [6.45, 7) is 7.74. The van der Waals surface area contributed by atoms with E-state index in [0.29, 0.717) is 19.1 Å². The number of ether oxygens (including phenoxy) is 1. The van der Waals surface area contributed by atoms with Crippen LogP contribution >= 0.6 is 11.3 Å². The molecule has 5 nitrogen and oxygen atoms in total. The second-order valence-electron chi connectivity index (χ2n) is 7.14. The van der Waals surface area contributed by atoms with E-state index in [0.717, 1.165) is 13.0 Å². The number of hydrogen-bond acceptors (Lipinski definition) is 5. The van der Waals surface area contributed by atoms with Crippen LogP contribution in [0.5, 0.6) is 0 Å². The number of alkyl carbamates (subject to hydrolysis) is 1. The summed E-state index contributed by atoms with van der Waals surface area (Å²) in [4.78, 5) is 14.2. The molecule has 1 heterocycles. The van der Waals surface area contributed by atoms with Gasteiger partial charge in [0, 0.05) is 31.7 Å².